The first-order valence-corrected chi connectivity index (χ1v) is 4.73. The Hall–Kier alpha value is -2.10. The van der Waals surface area contributed by atoms with Gasteiger partial charge in [-0.05, 0) is 23.8 Å². The van der Waals surface area contributed by atoms with Crippen LogP contribution in [0.15, 0.2) is 36.5 Å². The third-order valence-electron chi connectivity index (χ3n) is 2.40. The first-order chi connectivity index (χ1) is 7.58. The molecule has 82 valence electrons. The quantitative estimate of drug-likeness (QED) is 0.843. The van der Waals surface area contributed by atoms with Crippen molar-refractivity contribution >= 4 is 5.97 Å². The fourth-order valence-electron chi connectivity index (χ4n) is 1.58. The Morgan fingerprint density at radius 2 is 1.88 bits per heavy atom. The van der Waals surface area contributed by atoms with Gasteiger partial charge in [0.2, 0.25) is 0 Å². The molecule has 0 spiro atoms. The smallest absolute Gasteiger partial charge is 0.352 e. The molecule has 0 amide bonds. The summed E-state index contributed by atoms with van der Waals surface area (Å²) in [5.41, 5.74) is 1.77. The normalized spacial score (nSPS) is 10.4. The third kappa shape index (κ3) is 1.82. The van der Waals surface area contributed by atoms with Crippen LogP contribution in [0, 0.1) is 5.82 Å². The summed E-state index contributed by atoms with van der Waals surface area (Å²) in [5.74, 6) is -1.28. The largest absolute Gasteiger partial charge is 0.477 e. The number of carbonyl (C=O) groups is 1. The molecule has 0 radical (unpaired) electrons. The second-order valence-electron chi connectivity index (χ2n) is 3.54. The fraction of sp³-hybridized carbons (Fsp3) is 0.0833. The van der Waals surface area contributed by atoms with Gasteiger partial charge in [-0.1, -0.05) is 12.1 Å². The summed E-state index contributed by atoms with van der Waals surface area (Å²) in [7, 11) is 1.66. The Labute approximate surface area is 91.8 Å². The van der Waals surface area contributed by atoms with Gasteiger partial charge in [-0.2, -0.15) is 0 Å². The third-order valence-corrected chi connectivity index (χ3v) is 2.40. The number of aromatic carboxylic acids is 1. The van der Waals surface area contributed by atoms with Crippen LogP contribution in [-0.4, -0.2) is 15.6 Å². The van der Waals surface area contributed by atoms with Crippen molar-refractivity contribution in [2.24, 2.45) is 7.05 Å². The molecule has 0 saturated carbocycles. The summed E-state index contributed by atoms with van der Waals surface area (Å²) in [6.07, 6.45) is 1.71. The summed E-state index contributed by atoms with van der Waals surface area (Å²) in [6, 6.07) is 7.51. The van der Waals surface area contributed by atoms with Crippen LogP contribution in [0.25, 0.3) is 11.1 Å². The van der Waals surface area contributed by atoms with E-state index in [-0.39, 0.29) is 11.5 Å². The highest BCUT2D eigenvalue weighted by molar-refractivity contribution is 5.88. The molecule has 2 aromatic rings. The maximum absolute atomic E-state index is 12.7. The van der Waals surface area contributed by atoms with E-state index in [1.54, 1.807) is 31.4 Å². The van der Waals surface area contributed by atoms with E-state index in [1.165, 1.54) is 16.7 Å². The summed E-state index contributed by atoms with van der Waals surface area (Å²) in [5, 5.41) is 8.89. The number of carboxylic acids is 1. The van der Waals surface area contributed by atoms with Gasteiger partial charge in [-0.25, -0.2) is 9.18 Å². The van der Waals surface area contributed by atoms with Crippen LogP contribution in [0.4, 0.5) is 4.39 Å². The van der Waals surface area contributed by atoms with Crippen molar-refractivity contribution in [2.75, 3.05) is 0 Å². The molecule has 2 rings (SSSR count). The Morgan fingerprint density at radius 3 is 2.38 bits per heavy atom. The summed E-state index contributed by atoms with van der Waals surface area (Å²) < 4.78 is 14.2. The minimum Gasteiger partial charge on any atom is -0.477 e. The maximum atomic E-state index is 12.7. The number of hydrogen-bond donors (Lipinski definition) is 1. The monoisotopic (exact) mass is 219 g/mol. The van der Waals surface area contributed by atoms with Crippen LogP contribution >= 0.6 is 0 Å². The van der Waals surface area contributed by atoms with Gasteiger partial charge in [0.05, 0.1) is 0 Å². The van der Waals surface area contributed by atoms with Crippen LogP contribution in [-0.2, 0) is 7.05 Å². The van der Waals surface area contributed by atoms with Gasteiger partial charge < -0.3 is 9.67 Å². The van der Waals surface area contributed by atoms with Crippen molar-refractivity contribution in [3.8, 4) is 11.1 Å². The van der Waals surface area contributed by atoms with E-state index in [9.17, 15) is 9.18 Å². The minimum atomic E-state index is -0.976. The van der Waals surface area contributed by atoms with Gasteiger partial charge in [0.15, 0.2) is 0 Å². The van der Waals surface area contributed by atoms with E-state index in [2.05, 4.69) is 0 Å². The molecule has 0 bridgehead atoms. The van der Waals surface area contributed by atoms with Crippen LogP contribution in [0.1, 0.15) is 10.5 Å². The first kappa shape index (κ1) is 10.4. The Morgan fingerprint density at radius 1 is 1.25 bits per heavy atom. The zero-order chi connectivity index (χ0) is 11.7. The van der Waals surface area contributed by atoms with Crippen molar-refractivity contribution in [1.82, 2.24) is 4.57 Å². The second kappa shape index (κ2) is 3.81. The van der Waals surface area contributed by atoms with Gasteiger partial charge in [-0.15, -0.1) is 0 Å². The van der Waals surface area contributed by atoms with Gasteiger partial charge in [0.1, 0.15) is 11.5 Å². The van der Waals surface area contributed by atoms with Crippen molar-refractivity contribution < 1.29 is 14.3 Å². The van der Waals surface area contributed by atoms with Gasteiger partial charge in [0, 0.05) is 18.8 Å². The lowest BCUT2D eigenvalue weighted by molar-refractivity contribution is 0.0686. The number of aromatic nitrogens is 1. The standard InChI is InChI=1S/C12H10FNO2/c1-14-7-9(6-11(14)12(15)16)8-2-4-10(13)5-3-8/h2-7H,1H3,(H,15,16). The molecular weight excluding hydrogens is 209 g/mol. The van der Waals surface area contributed by atoms with Crippen molar-refractivity contribution in [1.29, 1.82) is 0 Å². The number of hydrogen-bond acceptors (Lipinski definition) is 1. The van der Waals surface area contributed by atoms with Gasteiger partial charge in [0.25, 0.3) is 0 Å². The fourth-order valence-corrected chi connectivity index (χ4v) is 1.58. The zero-order valence-corrected chi connectivity index (χ0v) is 8.64. The minimum absolute atomic E-state index is 0.208. The summed E-state index contributed by atoms with van der Waals surface area (Å²) >= 11 is 0. The highest BCUT2D eigenvalue weighted by Crippen LogP contribution is 2.21. The number of carboxylic acid groups (broad SMARTS) is 1. The van der Waals surface area contributed by atoms with Gasteiger partial charge >= 0.3 is 5.97 Å². The molecule has 0 fully saturated rings. The van der Waals surface area contributed by atoms with Crippen LogP contribution in [0.3, 0.4) is 0 Å². The molecule has 0 aliphatic heterocycles. The van der Waals surface area contributed by atoms with E-state index < -0.39 is 5.97 Å². The number of nitrogens with zero attached hydrogens (tertiary/aromatic N) is 1. The highest BCUT2D eigenvalue weighted by atomic mass is 19.1. The molecule has 16 heavy (non-hydrogen) atoms. The first-order valence-electron chi connectivity index (χ1n) is 4.73. The molecule has 0 saturated heterocycles. The van der Waals surface area contributed by atoms with E-state index in [1.807, 2.05) is 0 Å². The summed E-state index contributed by atoms with van der Waals surface area (Å²) in [4.78, 5) is 10.8. The molecule has 0 aliphatic rings. The lowest BCUT2D eigenvalue weighted by Crippen LogP contribution is -2.02. The zero-order valence-electron chi connectivity index (χ0n) is 8.64. The Bertz CT molecular complexity index is 528. The average Bonchev–Trinajstić information content (AvgIpc) is 2.61. The van der Waals surface area contributed by atoms with Crippen LogP contribution in [0.2, 0.25) is 0 Å². The molecular formula is C12H10FNO2. The maximum Gasteiger partial charge on any atom is 0.352 e. The van der Waals surface area contributed by atoms with Crippen LogP contribution in [0.5, 0.6) is 0 Å². The SMILES string of the molecule is Cn1cc(-c2ccc(F)cc2)cc1C(=O)O. The topological polar surface area (TPSA) is 42.2 Å². The molecule has 1 heterocycles. The predicted molar refractivity (Wildman–Crippen MR) is 57.8 cm³/mol. The Kier molecular flexibility index (Phi) is 2.48. The molecule has 0 atom stereocenters. The van der Waals surface area contributed by atoms with Crippen molar-refractivity contribution in [3.63, 3.8) is 0 Å². The number of rotatable bonds is 2. The molecule has 0 aliphatic carbocycles. The van der Waals surface area contributed by atoms with E-state index in [4.69, 9.17) is 5.11 Å². The molecule has 4 heteroatoms. The second-order valence-corrected chi connectivity index (χ2v) is 3.54. The predicted octanol–water partition coefficient (Wildman–Crippen LogP) is 2.53. The van der Waals surface area contributed by atoms with E-state index >= 15 is 0 Å². The lowest BCUT2D eigenvalue weighted by atomic mass is 10.1. The van der Waals surface area contributed by atoms with Crippen molar-refractivity contribution in [2.45, 2.75) is 0 Å². The van der Waals surface area contributed by atoms with Crippen LogP contribution < -0.4 is 0 Å². The average molecular weight is 219 g/mol. The molecule has 0 unspecified atom stereocenters. The molecule has 1 aromatic carbocycles. The number of aryl methyl sites for hydroxylation is 1. The van der Waals surface area contributed by atoms with Crippen molar-refractivity contribution in [3.05, 3.63) is 48.0 Å². The van der Waals surface area contributed by atoms with E-state index in [0.29, 0.717) is 0 Å². The Balaban J connectivity index is 2.45. The van der Waals surface area contributed by atoms with Gasteiger partial charge in [-0.3, -0.25) is 0 Å². The summed E-state index contributed by atoms with van der Waals surface area (Å²) in [6.45, 7) is 0. The number of benzene rings is 1. The van der Waals surface area contributed by atoms with E-state index in [0.717, 1.165) is 11.1 Å². The highest BCUT2D eigenvalue weighted by Gasteiger charge is 2.10. The number of halogens is 1. The molecule has 3 nitrogen and oxygen atoms in total. The lowest BCUT2D eigenvalue weighted by Gasteiger charge is -1.96. The molecule has 1 N–H and O–H groups in total. The molecule has 1 aromatic heterocycles.